The molecule has 10 nitrogen and oxygen atoms in total. The van der Waals surface area contributed by atoms with Crippen molar-refractivity contribution in [1.29, 1.82) is 0 Å². The van der Waals surface area contributed by atoms with Crippen molar-refractivity contribution in [3.63, 3.8) is 0 Å². The molecule has 35 heavy (non-hydrogen) atoms. The maximum atomic E-state index is 13.7. The zero-order valence-electron chi connectivity index (χ0n) is 20.4. The molecular formula is C23H29BFN5O5. The highest BCUT2D eigenvalue weighted by molar-refractivity contribution is 6.33. The third-order valence-corrected chi connectivity index (χ3v) is 6.47. The van der Waals surface area contributed by atoms with Crippen LogP contribution in [0.5, 0.6) is 0 Å². The van der Waals surface area contributed by atoms with Crippen LogP contribution < -0.4 is 16.5 Å². The van der Waals surface area contributed by atoms with Crippen molar-refractivity contribution in [2.24, 2.45) is 5.16 Å². The largest absolute Gasteiger partial charge is 0.391 e. The van der Waals surface area contributed by atoms with E-state index in [1.165, 1.54) is 12.1 Å². The molecule has 5 rings (SSSR count). The van der Waals surface area contributed by atoms with Crippen molar-refractivity contribution < 1.29 is 28.2 Å². The molecule has 0 saturated carbocycles. The van der Waals surface area contributed by atoms with E-state index in [9.17, 15) is 4.39 Å². The van der Waals surface area contributed by atoms with Crippen molar-refractivity contribution >= 4 is 25.1 Å². The molecule has 3 aliphatic rings. The van der Waals surface area contributed by atoms with Crippen LogP contribution >= 0.6 is 0 Å². The minimum atomic E-state index is -0.738. The molecule has 0 spiro atoms. The number of ether oxygens (including phenoxy) is 4. The molecule has 2 aromatic rings. The Labute approximate surface area is 203 Å². The number of nitrogens with zero attached hydrogens (tertiary/aromatic N) is 3. The molecule has 4 heterocycles. The third kappa shape index (κ3) is 4.58. The number of benzene rings is 1. The van der Waals surface area contributed by atoms with E-state index in [4.69, 9.17) is 29.5 Å². The Morgan fingerprint density at radius 3 is 2.80 bits per heavy atom. The summed E-state index contributed by atoms with van der Waals surface area (Å²) in [6.07, 6.45) is -1.14. The summed E-state index contributed by atoms with van der Waals surface area (Å²) in [7, 11) is 3.43. The molecule has 3 N–H and O–H groups in total. The zero-order valence-corrected chi connectivity index (χ0v) is 20.4. The summed E-state index contributed by atoms with van der Waals surface area (Å²) < 4.78 is 37.0. The number of anilines is 1. The first-order valence-electron chi connectivity index (χ1n) is 11.5. The van der Waals surface area contributed by atoms with Crippen molar-refractivity contribution in [2.75, 3.05) is 19.5 Å². The number of halogens is 1. The minimum Gasteiger partial charge on any atom is -0.391 e. The molecular weight excluding hydrogens is 456 g/mol. The number of rotatable bonds is 5. The molecule has 0 amide bonds. The second-order valence-corrected chi connectivity index (χ2v) is 9.47. The number of fused-ring (bicyclic) bond motifs is 2. The van der Waals surface area contributed by atoms with Gasteiger partial charge < -0.3 is 34.8 Å². The second-order valence-electron chi connectivity index (χ2n) is 9.47. The number of hydrogen-bond acceptors (Lipinski definition) is 9. The van der Waals surface area contributed by atoms with Crippen LogP contribution in [0.1, 0.15) is 42.4 Å². The van der Waals surface area contributed by atoms with E-state index in [2.05, 4.69) is 20.4 Å². The fourth-order valence-electron chi connectivity index (χ4n) is 5.02. The predicted molar refractivity (Wildman–Crippen MR) is 127 cm³/mol. The van der Waals surface area contributed by atoms with Crippen LogP contribution in [0.15, 0.2) is 23.4 Å². The molecule has 0 bridgehead atoms. The molecule has 12 heteroatoms. The van der Waals surface area contributed by atoms with Gasteiger partial charge in [-0.05, 0) is 38.5 Å². The van der Waals surface area contributed by atoms with E-state index in [-0.39, 0.29) is 36.6 Å². The van der Waals surface area contributed by atoms with E-state index in [0.717, 1.165) is 22.3 Å². The molecule has 5 atom stereocenters. The molecule has 2 saturated heterocycles. The molecule has 0 aliphatic carbocycles. The van der Waals surface area contributed by atoms with Gasteiger partial charge in [0.2, 0.25) is 5.95 Å². The number of amidine groups is 1. The molecule has 1 aromatic heterocycles. The number of nitrogen functional groups attached to an aromatic ring is 1. The lowest BCUT2D eigenvalue weighted by atomic mass is 9.84. The van der Waals surface area contributed by atoms with Crippen molar-refractivity contribution in [1.82, 2.24) is 15.3 Å². The molecule has 186 valence electrons. The normalized spacial score (nSPS) is 30.1. The van der Waals surface area contributed by atoms with Crippen LogP contribution in [0, 0.1) is 12.7 Å². The summed E-state index contributed by atoms with van der Waals surface area (Å²) in [5.41, 5.74) is 9.84. The van der Waals surface area contributed by atoms with Crippen molar-refractivity contribution in [3.05, 3.63) is 46.5 Å². The number of aryl methyl sites for hydroxylation is 1. The second kappa shape index (κ2) is 9.01. The topological polar surface area (TPSA) is 122 Å². The van der Waals surface area contributed by atoms with Gasteiger partial charge in [0.05, 0.1) is 23.0 Å². The van der Waals surface area contributed by atoms with Gasteiger partial charge >= 0.3 is 0 Å². The summed E-state index contributed by atoms with van der Waals surface area (Å²) in [4.78, 5) is 14.5. The molecule has 3 aliphatic heterocycles. The maximum Gasteiger partial charge on any atom is 0.220 e. The lowest BCUT2D eigenvalue weighted by Crippen LogP contribution is -2.40. The maximum absolute atomic E-state index is 13.7. The summed E-state index contributed by atoms with van der Waals surface area (Å²) in [5.74, 6) is -0.361. The van der Waals surface area contributed by atoms with E-state index in [1.807, 2.05) is 28.6 Å². The van der Waals surface area contributed by atoms with Gasteiger partial charge in [-0.15, -0.1) is 0 Å². The fraction of sp³-hybridized carbons (Fsp3) is 0.522. The molecule has 2 fully saturated rings. The Morgan fingerprint density at radius 2 is 2.06 bits per heavy atom. The standard InChI is InChI=1S/C23H29BFN5O5/c1-10-17-15(29-22(26)27-10)8-14(12-6-5-11(25)7-13(12)24)28-20(17)30-32-9-16-18-19(21(31-4)33-16)35-23(2,3)34-18/h5-7,14,16,18-19,21H,8-9,24H2,1-4H3,(H,28,30)(H2,26,27,29)/t14-,16-,18-,19-,21+/m1/s1. The lowest BCUT2D eigenvalue weighted by molar-refractivity contribution is -0.231. The van der Waals surface area contributed by atoms with Gasteiger partial charge in [-0.2, -0.15) is 0 Å². The number of methoxy groups -OCH3 is 1. The summed E-state index contributed by atoms with van der Waals surface area (Å²) in [5, 5.41) is 7.81. The summed E-state index contributed by atoms with van der Waals surface area (Å²) >= 11 is 0. The lowest BCUT2D eigenvalue weighted by Gasteiger charge is -2.29. The highest BCUT2D eigenvalue weighted by atomic mass is 19.1. The number of oxime groups is 1. The van der Waals surface area contributed by atoms with Gasteiger partial charge in [0.1, 0.15) is 38.6 Å². The summed E-state index contributed by atoms with van der Waals surface area (Å²) in [6, 6.07) is 4.51. The Morgan fingerprint density at radius 1 is 1.29 bits per heavy atom. The average Bonchev–Trinajstić information content (AvgIpc) is 3.25. The minimum absolute atomic E-state index is 0.121. The van der Waals surface area contributed by atoms with Crippen LogP contribution in [0.3, 0.4) is 0 Å². The van der Waals surface area contributed by atoms with Gasteiger partial charge in [0.15, 0.2) is 17.9 Å². The smallest absolute Gasteiger partial charge is 0.220 e. The highest BCUT2D eigenvalue weighted by Crippen LogP contribution is 2.39. The van der Waals surface area contributed by atoms with Crippen LogP contribution in [-0.4, -0.2) is 67.8 Å². The zero-order chi connectivity index (χ0) is 24.9. The SMILES string of the molecule is Bc1cc(F)ccc1[C@H]1Cc2nc(N)nc(C)c2/C(=N/OC[C@H]2O[C@H](OC)[C@@H]3OC(C)(C)O[C@@H]32)N1. The Kier molecular flexibility index (Phi) is 6.16. The predicted octanol–water partition coefficient (Wildman–Crippen LogP) is 0.221. The van der Waals surface area contributed by atoms with Gasteiger partial charge in [0.25, 0.3) is 0 Å². The van der Waals surface area contributed by atoms with Crippen LogP contribution in [0.25, 0.3) is 0 Å². The van der Waals surface area contributed by atoms with Gasteiger partial charge in [-0.3, -0.25) is 0 Å². The number of nitrogens with one attached hydrogen (secondary N) is 1. The van der Waals surface area contributed by atoms with Gasteiger partial charge in [0, 0.05) is 13.5 Å². The first-order chi connectivity index (χ1) is 16.6. The van der Waals surface area contributed by atoms with Crippen molar-refractivity contribution in [2.45, 2.75) is 63.6 Å². The average molecular weight is 485 g/mol. The number of aromatic nitrogens is 2. The highest BCUT2D eigenvalue weighted by Gasteiger charge is 2.55. The number of nitrogens with two attached hydrogens (primary N) is 1. The Bertz CT molecular complexity index is 1170. The first-order valence-corrected chi connectivity index (χ1v) is 11.5. The quantitative estimate of drug-likeness (QED) is 0.453. The third-order valence-electron chi connectivity index (χ3n) is 6.47. The molecule has 0 unspecified atom stereocenters. The molecule has 1 aromatic carbocycles. The van der Waals surface area contributed by atoms with Crippen molar-refractivity contribution in [3.8, 4) is 0 Å². The van der Waals surface area contributed by atoms with Crippen LogP contribution in [0.2, 0.25) is 0 Å². The fourth-order valence-corrected chi connectivity index (χ4v) is 5.02. The van der Waals surface area contributed by atoms with E-state index in [0.29, 0.717) is 18.0 Å². The monoisotopic (exact) mass is 485 g/mol. The van der Waals surface area contributed by atoms with E-state index >= 15 is 0 Å². The Balaban J connectivity index is 1.39. The van der Waals surface area contributed by atoms with Crippen LogP contribution in [0.4, 0.5) is 10.3 Å². The first kappa shape index (κ1) is 23.9. The summed E-state index contributed by atoms with van der Waals surface area (Å²) in [6.45, 7) is 5.67. The number of hydrogen-bond donors (Lipinski definition) is 2. The van der Waals surface area contributed by atoms with Crippen LogP contribution in [-0.2, 0) is 30.2 Å². The Hall–Kier alpha value is -2.80. The van der Waals surface area contributed by atoms with E-state index < -0.39 is 18.2 Å². The van der Waals surface area contributed by atoms with Gasteiger partial charge in [-0.25, -0.2) is 14.4 Å². The van der Waals surface area contributed by atoms with E-state index in [1.54, 1.807) is 13.2 Å². The van der Waals surface area contributed by atoms with Gasteiger partial charge in [-0.1, -0.05) is 16.7 Å². The molecule has 0 radical (unpaired) electrons.